The molecule has 2 aromatic heterocycles. The molecule has 1 aromatic carbocycles. The van der Waals surface area contributed by atoms with Crippen LogP contribution in [0.1, 0.15) is 23.3 Å². The van der Waals surface area contributed by atoms with Crippen LogP contribution in [0.4, 0.5) is 4.39 Å². The Morgan fingerprint density at radius 3 is 2.82 bits per heavy atom. The van der Waals surface area contributed by atoms with Crippen molar-refractivity contribution in [1.29, 1.82) is 0 Å². The summed E-state index contributed by atoms with van der Waals surface area (Å²) in [7, 11) is 1.73. The Hall–Kier alpha value is -3.29. The van der Waals surface area contributed by atoms with Crippen molar-refractivity contribution >= 4 is 5.91 Å². The van der Waals surface area contributed by atoms with Crippen LogP contribution < -0.4 is 4.74 Å². The van der Waals surface area contributed by atoms with E-state index in [1.807, 2.05) is 0 Å². The summed E-state index contributed by atoms with van der Waals surface area (Å²) in [6, 6.07) is 11.3. The van der Waals surface area contributed by atoms with Gasteiger partial charge in [-0.3, -0.25) is 9.48 Å². The highest BCUT2D eigenvalue weighted by Crippen LogP contribution is 2.22. The summed E-state index contributed by atoms with van der Waals surface area (Å²) in [5.41, 5.74) is 1.88. The molecule has 1 fully saturated rings. The fourth-order valence-electron chi connectivity index (χ4n) is 3.33. The fraction of sp³-hybridized carbons (Fsp3) is 0.300. The molecule has 1 aliphatic heterocycles. The van der Waals surface area contributed by atoms with Crippen LogP contribution in [-0.4, -0.2) is 50.0 Å². The van der Waals surface area contributed by atoms with Gasteiger partial charge in [0.25, 0.3) is 5.91 Å². The standard InChI is InChI=1S/C20H20FN5O2/c1-25-18(12-17(24-25)14-6-8-15(21)9-7-14)20(27)26-11-3-4-16(13-26)28-19-5-2-10-22-23-19/h2,5-10,12,16H,3-4,11,13H2,1H3. The average Bonchev–Trinajstić information content (AvgIpc) is 3.10. The molecular formula is C20H20FN5O2. The van der Waals surface area contributed by atoms with Crippen LogP contribution in [0.15, 0.2) is 48.7 Å². The van der Waals surface area contributed by atoms with E-state index in [1.54, 1.807) is 53.2 Å². The normalized spacial score (nSPS) is 16.8. The molecule has 1 atom stereocenters. The van der Waals surface area contributed by atoms with E-state index >= 15 is 0 Å². The Morgan fingerprint density at radius 2 is 2.07 bits per heavy atom. The molecule has 0 radical (unpaired) electrons. The highest BCUT2D eigenvalue weighted by atomic mass is 19.1. The van der Waals surface area contributed by atoms with Gasteiger partial charge in [-0.15, -0.1) is 5.10 Å². The SMILES string of the molecule is Cn1nc(-c2ccc(F)cc2)cc1C(=O)N1CCCC(Oc2cccnn2)C1. The Kier molecular flexibility index (Phi) is 5.01. The first-order valence-electron chi connectivity index (χ1n) is 9.14. The second kappa shape index (κ2) is 7.75. The number of likely N-dealkylation sites (tertiary alicyclic amines) is 1. The molecule has 1 saturated heterocycles. The van der Waals surface area contributed by atoms with Gasteiger partial charge in [0.1, 0.15) is 17.6 Å². The van der Waals surface area contributed by atoms with Crippen molar-refractivity contribution in [2.45, 2.75) is 18.9 Å². The van der Waals surface area contributed by atoms with E-state index in [4.69, 9.17) is 4.74 Å². The number of halogens is 1. The van der Waals surface area contributed by atoms with Gasteiger partial charge in [-0.1, -0.05) is 0 Å². The summed E-state index contributed by atoms with van der Waals surface area (Å²) in [6.07, 6.45) is 3.16. The van der Waals surface area contributed by atoms with Gasteiger partial charge in [-0.2, -0.15) is 10.2 Å². The van der Waals surface area contributed by atoms with Crippen molar-refractivity contribution in [2.24, 2.45) is 7.05 Å². The van der Waals surface area contributed by atoms with E-state index in [0.29, 0.717) is 30.4 Å². The predicted molar refractivity (Wildman–Crippen MR) is 100 cm³/mol. The molecule has 0 bridgehead atoms. The summed E-state index contributed by atoms with van der Waals surface area (Å²) < 4.78 is 20.6. The molecule has 3 heterocycles. The van der Waals surface area contributed by atoms with Crippen LogP contribution in [0.2, 0.25) is 0 Å². The maximum atomic E-state index is 13.1. The minimum Gasteiger partial charge on any atom is -0.471 e. The monoisotopic (exact) mass is 381 g/mol. The van der Waals surface area contributed by atoms with Crippen molar-refractivity contribution in [3.05, 3.63) is 60.2 Å². The van der Waals surface area contributed by atoms with Crippen molar-refractivity contribution in [1.82, 2.24) is 24.9 Å². The fourth-order valence-corrected chi connectivity index (χ4v) is 3.33. The first-order valence-corrected chi connectivity index (χ1v) is 9.14. The van der Waals surface area contributed by atoms with Crippen LogP contribution >= 0.6 is 0 Å². The number of amides is 1. The number of ether oxygens (including phenoxy) is 1. The lowest BCUT2D eigenvalue weighted by atomic mass is 10.1. The maximum absolute atomic E-state index is 13.1. The van der Waals surface area contributed by atoms with Crippen LogP contribution in [0, 0.1) is 5.82 Å². The maximum Gasteiger partial charge on any atom is 0.272 e. The summed E-state index contributed by atoms with van der Waals surface area (Å²) in [4.78, 5) is 14.8. The Morgan fingerprint density at radius 1 is 1.25 bits per heavy atom. The lowest BCUT2D eigenvalue weighted by Gasteiger charge is -2.32. The van der Waals surface area contributed by atoms with Crippen LogP contribution in [0.25, 0.3) is 11.3 Å². The van der Waals surface area contributed by atoms with Crippen molar-refractivity contribution in [3.63, 3.8) is 0 Å². The van der Waals surface area contributed by atoms with Gasteiger partial charge in [0.05, 0.1) is 12.2 Å². The molecule has 4 rings (SSSR count). The van der Waals surface area contributed by atoms with E-state index in [2.05, 4.69) is 15.3 Å². The van der Waals surface area contributed by atoms with Gasteiger partial charge in [0.2, 0.25) is 5.88 Å². The largest absolute Gasteiger partial charge is 0.471 e. The van der Waals surface area contributed by atoms with Crippen LogP contribution in [0.3, 0.4) is 0 Å². The molecule has 28 heavy (non-hydrogen) atoms. The Bertz CT molecular complexity index is 958. The first-order chi connectivity index (χ1) is 13.6. The van der Waals surface area contributed by atoms with Gasteiger partial charge >= 0.3 is 0 Å². The molecule has 1 amide bonds. The zero-order valence-electron chi connectivity index (χ0n) is 15.5. The quantitative estimate of drug-likeness (QED) is 0.695. The third kappa shape index (κ3) is 3.85. The van der Waals surface area contributed by atoms with Gasteiger partial charge in [-0.05, 0) is 49.2 Å². The van der Waals surface area contributed by atoms with Crippen molar-refractivity contribution in [2.75, 3.05) is 13.1 Å². The number of hydrogen-bond donors (Lipinski definition) is 0. The second-order valence-electron chi connectivity index (χ2n) is 6.74. The Labute approximate surface area is 161 Å². The molecule has 0 saturated carbocycles. The van der Waals surface area contributed by atoms with E-state index < -0.39 is 0 Å². The third-order valence-corrected chi connectivity index (χ3v) is 4.74. The van der Waals surface area contributed by atoms with E-state index in [1.165, 1.54) is 12.1 Å². The van der Waals surface area contributed by atoms with Crippen molar-refractivity contribution < 1.29 is 13.9 Å². The molecule has 144 valence electrons. The second-order valence-corrected chi connectivity index (χ2v) is 6.74. The van der Waals surface area contributed by atoms with Crippen molar-refractivity contribution in [3.8, 4) is 17.1 Å². The van der Waals surface area contributed by atoms with Crippen LogP contribution in [0.5, 0.6) is 5.88 Å². The smallest absolute Gasteiger partial charge is 0.272 e. The molecule has 1 unspecified atom stereocenters. The summed E-state index contributed by atoms with van der Waals surface area (Å²) in [5, 5.41) is 12.2. The number of benzene rings is 1. The Balaban J connectivity index is 1.48. The van der Waals surface area contributed by atoms with Crippen LogP contribution in [-0.2, 0) is 7.05 Å². The van der Waals surface area contributed by atoms with Gasteiger partial charge in [0.15, 0.2) is 0 Å². The van der Waals surface area contributed by atoms with E-state index in [9.17, 15) is 9.18 Å². The summed E-state index contributed by atoms with van der Waals surface area (Å²) >= 11 is 0. The topological polar surface area (TPSA) is 73.1 Å². The van der Waals surface area contributed by atoms with Gasteiger partial charge in [-0.25, -0.2) is 4.39 Å². The number of rotatable bonds is 4. The van der Waals surface area contributed by atoms with E-state index in [0.717, 1.165) is 18.4 Å². The number of carbonyl (C=O) groups excluding carboxylic acids is 1. The molecule has 7 nitrogen and oxygen atoms in total. The summed E-state index contributed by atoms with van der Waals surface area (Å²) in [6.45, 7) is 1.14. The molecule has 0 aliphatic carbocycles. The third-order valence-electron chi connectivity index (χ3n) is 4.74. The highest BCUT2D eigenvalue weighted by molar-refractivity contribution is 5.93. The number of aromatic nitrogens is 4. The molecule has 0 N–H and O–H groups in total. The summed E-state index contributed by atoms with van der Waals surface area (Å²) in [5.74, 6) is 0.0511. The van der Waals surface area contributed by atoms with Gasteiger partial charge in [0, 0.05) is 31.4 Å². The molecule has 0 spiro atoms. The first kappa shape index (κ1) is 18.1. The minimum atomic E-state index is -0.307. The number of piperidine rings is 1. The predicted octanol–water partition coefficient (Wildman–Crippen LogP) is 2.70. The number of aryl methyl sites for hydroxylation is 1. The molecular weight excluding hydrogens is 361 g/mol. The highest BCUT2D eigenvalue weighted by Gasteiger charge is 2.28. The molecule has 3 aromatic rings. The minimum absolute atomic E-state index is 0.101. The lowest BCUT2D eigenvalue weighted by molar-refractivity contribution is 0.0516. The molecule has 8 heteroatoms. The zero-order valence-corrected chi connectivity index (χ0v) is 15.5. The molecule has 1 aliphatic rings. The number of nitrogens with zero attached hydrogens (tertiary/aromatic N) is 5. The van der Waals surface area contributed by atoms with Gasteiger partial charge < -0.3 is 9.64 Å². The average molecular weight is 381 g/mol. The lowest BCUT2D eigenvalue weighted by Crippen LogP contribution is -2.45. The number of carbonyl (C=O) groups is 1. The zero-order chi connectivity index (χ0) is 19.5. The van der Waals surface area contributed by atoms with E-state index in [-0.39, 0.29) is 17.8 Å². The number of hydrogen-bond acceptors (Lipinski definition) is 5.